The molecule has 0 aromatic carbocycles. The highest BCUT2D eigenvalue weighted by atomic mass is 35.5. The van der Waals surface area contributed by atoms with Gasteiger partial charge < -0.3 is 14.8 Å². The number of nitrogens with one attached hydrogen (secondary N) is 1. The van der Waals surface area contributed by atoms with E-state index in [0.29, 0.717) is 11.1 Å². The third kappa shape index (κ3) is 5.73. The van der Waals surface area contributed by atoms with Gasteiger partial charge in [0.1, 0.15) is 11.0 Å². The minimum Gasteiger partial charge on any atom is -0.332 e. The highest BCUT2D eigenvalue weighted by molar-refractivity contribution is 6.29. The maximum absolute atomic E-state index is 6.12. The van der Waals surface area contributed by atoms with Gasteiger partial charge in [0.25, 0.3) is 0 Å². The lowest BCUT2D eigenvalue weighted by Crippen LogP contribution is -2.29. The highest BCUT2D eigenvalue weighted by Crippen LogP contribution is 2.26. The monoisotopic (exact) mass is 390 g/mol. The maximum Gasteiger partial charge on any atom is 0.147 e. The first-order valence-electron chi connectivity index (χ1n) is 7.48. The van der Waals surface area contributed by atoms with E-state index in [0.717, 1.165) is 26.2 Å². The van der Waals surface area contributed by atoms with Gasteiger partial charge in [-0.25, -0.2) is 4.98 Å². The molecule has 4 nitrogen and oxygen atoms in total. The zero-order valence-electron chi connectivity index (χ0n) is 12.7. The molecule has 0 radical (unpaired) electrons. The zero-order valence-corrected chi connectivity index (χ0v) is 15.9. The van der Waals surface area contributed by atoms with Crippen LogP contribution in [0, 0.1) is 0 Å². The Morgan fingerprint density at radius 1 is 1.09 bits per heavy atom. The maximum atomic E-state index is 6.12. The molecule has 22 heavy (non-hydrogen) atoms. The minimum absolute atomic E-state index is 0. The van der Waals surface area contributed by atoms with E-state index in [1.807, 2.05) is 6.20 Å². The zero-order chi connectivity index (χ0) is 13.1. The SMILES string of the molecule is Cl.Cl.Cl.Clc1cn(CCN2CCCC2)c(C2CCNCC2)n1. The van der Waals surface area contributed by atoms with Gasteiger partial charge in [-0.15, -0.1) is 37.2 Å². The predicted octanol–water partition coefficient (Wildman–Crippen LogP) is 3.36. The molecule has 2 fully saturated rings. The Morgan fingerprint density at radius 3 is 2.36 bits per heavy atom. The molecule has 3 heterocycles. The molecule has 1 aromatic heterocycles. The minimum atomic E-state index is 0. The van der Waals surface area contributed by atoms with Gasteiger partial charge in [0.05, 0.1) is 0 Å². The van der Waals surface area contributed by atoms with E-state index in [9.17, 15) is 0 Å². The molecule has 1 aromatic rings. The Bertz CT molecular complexity index is 415. The van der Waals surface area contributed by atoms with E-state index in [2.05, 4.69) is 19.8 Å². The molecule has 0 unspecified atom stereocenters. The number of rotatable bonds is 4. The Kier molecular flexibility index (Phi) is 11.1. The van der Waals surface area contributed by atoms with Gasteiger partial charge in [0, 0.05) is 25.2 Å². The summed E-state index contributed by atoms with van der Waals surface area (Å²) in [5.74, 6) is 1.78. The van der Waals surface area contributed by atoms with Gasteiger partial charge in [0.2, 0.25) is 0 Å². The van der Waals surface area contributed by atoms with Crippen LogP contribution in [-0.4, -0.2) is 47.2 Å². The lowest BCUT2D eigenvalue weighted by molar-refractivity contribution is 0.316. The van der Waals surface area contributed by atoms with Crippen LogP contribution in [0.2, 0.25) is 5.15 Å². The Labute approximate surface area is 156 Å². The summed E-state index contributed by atoms with van der Waals surface area (Å²) in [6, 6.07) is 0. The Morgan fingerprint density at radius 2 is 1.73 bits per heavy atom. The summed E-state index contributed by atoms with van der Waals surface area (Å²) in [5, 5.41) is 4.06. The van der Waals surface area contributed by atoms with Gasteiger partial charge in [-0.3, -0.25) is 0 Å². The molecule has 2 aliphatic rings. The molecule has 0 aliphatic carbocycles. The normalized spacial score (nSPS) is 19.1. The summed E-state index contributed by atoms with van der Waals surface area (Å²) < 4.78 is 2.29. The number of likely N-dealkylation sites (tertiary alicyclic amines) is 1. The van der Waals surface area contributed by atoms with Crippen molar-refractivity contribution < 1.29 is 0 Å². The van der Waals surface area contributed by atoms with Crippen molar-refractivity contribution in [2.75, 3.05) is 32.7 Å². The van der Waals surface area contributed by atoms with Crippen LogP contribution in [0.15, 0.2) is 6.20 Å². The van der Waals surface area contributed by atoms with Crippen molar-refractivity contribution in [3.05, 3.63) is 17.2 Å². The van der Waals surface area contributed by atoms with Crippen molar-refractivity contribution in [1.82, 2.24) is 19.8 Å². The Hall–Kier alpha value is 0.290. The van der Waals surface area contributed by atoms with Crippen molar-refractivity contribution in [2.24, 2.45) is 0 Å². The summed E-state index contributed by atoms with van der Waals surface area (Å²) in [4.78, 5) is 7.10. The summed E-state index contributed by atoms with van der Waals surface area (Å²) in [6.07, 6.45) is 7.07. The molecule has 2 aliphatic heterocycles. The number of piperidine rings is 1. The second-order valence-corrected chi connectivity index (χ2v) is 6.08. The molecular formula is C14H26Cl4N4. The molecule has 8 heteroatoms. The van der Waals surface area contributed by atoms with Crippen LogP contribution in [-0.2, 0) is 6.54 Å². The molecule has 0 spiro atoms. The molecule has 1 N–H and O–H groups in total. The third-order valence-corrected chi connectivity index (χ3v) is 4.52. The van der Waals surface area contributed by atoms with Gasteiger partial charge in [-0.1, -0.05) is 11.6 Å². The summed E-state index contributed by atoms with van der Waals surface area (Å²) in [6.45, 7) is 6.86. The first-order valence-corrected chi connectivity index (χ1v) is 7.86. The molecule has 0 saturated carbocycles. The number of imidazole rings is 1. The van der Waals surface area contributed by atoms with E-state index in [-0.39, 0.29) is 37.2 Å². The molecular weight excluding hydrogens is 366 g/mol. The van der Waals surface area contributed by atoms with Crippen LogP contribution in [0.4, 0.5) is 0 Å². The second kappa shape index (κ2) is 11.0. The average Bonchev–Trinajstić information content (AvgIpc) is 3.06. The summed E-state index contributed by atoms with van der Waals surface area (Å²) in [5.41, 5.74) is 0. The number of nitrogens with zero attached hydrogens (tertiary/aromatic N) is 3. The number of hydrogen-bond acceptors (Lipinski definition) is 3. The predicted molar refractivity (Wildman–Crippen MR) is 99.5 cm³/mol. The van der Waals surface area contributed by atoms with E-state index in [1.165, 1.54) is 44.6 Å². The van der Waals surface area contributed by atoms with Gasteiger partial charge in [-0.05, 0) is 51.9 Å². The molecule has 130 valence electrons. The largest absolute Gasteiger partial charge is 0.332 e. The lowest BCUT2D eigenvalue weighted by Gasteiger charge is -2.23. The van der Waals surface area contributed by atoms with Crippen LogP contribution in [0.5, 0.6) is 0 Å². The summed E-state index contributed by atoms with van der Waals surface area (Å²) >= 11 is 6.12. The van der Waals surface area contributed by atoms with Gasteiger partial charge in [-0.2, -0.15) is 0 Å². The van der Waals surface area contributed by atoms with E-state index in [1.54, 1.807) is 0 Å². The third-order valence-electron chi connectivity index (χ3n) is 4.34. The Balaban J connectivity index is 0.00000147. The molecule has 2 saturated heterocycles. The van der Waals surface area contributed by atoms with Gasteiger partial charge >= 0.3 is 0 Å². The number of hydrogen-bond donors (Lipinski definition) is 1. The fourth-order valence-electron chi connectivity index (χ4n) is 3.24. The molecule has 0 bridgehead atoms. The fraction of sp³-hybridized carbons (Fsp3) is 0.786. The average molecular weight is 392 g/mol. The summed E-state index contributed by atoms with van der Waals surface area (Å²) in [7, 11) is 0. The van der Waals surface area contributed by atoms with Gasteiger partial charge in [0.15, 0.2) is 0 Å². The smallest absolute Gasteiger partial charge is 0.147 e. The van der Waals surface area contributed by atoms with E-state index in [4.69, 9.17) is 11.6 Å². The van der Waals surface area contributed by atoms with Crippen LogP contribution < -0.4 is 5.32 Å². The second-order valence-electron chi connectivity index (χ2n) is 5.69. The van der Waals surface area contributed by atoms with Crippen molar-refractivity contribution >= 4 is 48.8 Å². The van der Waals surface area contributed by atoms with Crippen LogP contribution in [0.3, 0.4) is 0 Å². The van der Waals surface area contributed by atoms with Crippen molar-refractivity contribution in [3.8, 4) is 0 Å². The van der Waals surface area contributed by atoms with Crippen LogP contribution in [0.1, 0.15) is 37.4 Å². The fourth-order valence-corrected chi connectivity index (χ4v) is 3.44. The number of aromatic nitrogens is 2. The molecule has 0 atom stereocenters. The molecule has 0 amide bonds. The number of halogens is 4. The van der Waals surface area contributed by atoms with Crippen molar-refractivity contribution in [3.63, 3.8) is 0 Å². The quantitative estimate of drug-likeness (QED) is 0.853. The van der Waals surface area contributed by atoms with Crippen molar-refractivity contribution in [1.29, 1.82) is 0 Å². The van der Waals surface area contributed by atoms with Crippen molar-refractivity contribution in [2.45, 2.75) is 38.1 Å². The topological polar surface area (TPSA) is 33.1 Å². The lowest BCUT2D eigenvalue weighted by atomic mass is 9.97. The van der Waals surface area contributed by atoms with E-state index < -0.39 is 0 Å². The van der Waals surface area contributed by atoms with E-state index >= 15 is 0 Å². The standard InChI is InChI=1S/C14H23ClN4.3ClH/c15-13-11-19(10-9-18-7-1-2-8-18)14(17-13)12-3-5-16-6-4-12;;;/h11-12,16H,1-10H2;3*1H. The van der Waals surface area contributed by atoms with Crippen LogP contribution >= 0.6 is 48.8 Å². The first-order chi connectivity index (χ1) is 9.33. The first kappa shape index (κ1) is 22.3. The highest BCUT2D eigenvalue weighted by Gasteiger charge is 2.21. The molecule has 3 rings (SSSR count). The van der Waals surface area contributed by atoms with Crippen LogP contribution in [0.25, 0.3) is 0 Å².